The fraction of sp³-hybridized carbons (Fsp3) is 0.455. The van der Waals surface area contributed by atoms with Crippen molar-refractivity contribution in [3.05, 3.63) is 59.2 Å². The minimum absolute atomic E-state index is 0.0783. The highest BCUT2D eigenvalue weighted by molar-refractivity contribution is 8.15. The Morgan fingerprint density at radius 1 is 1.17 bits per heavy atom. The van der Waals surface area contributed by atoms with E-state index in [2.05, 4.69) is 0 Å². The van der Waals surface area contributed by atoms with Crippen molar-refractivity contribution >= 4 is 9.35 Å². The predicted octanol–water partition coefficient (Wildman–Crippen LogP) is 6.08. The second-order valence-corrected chi connectivity index (χ2v) is 12.0. The van der Waals surface area contributed by atoms with E-state index < -0.39 is 37.6 Å². The Labute approximate surface area is 173 Å². The van der Waals surface area contributed by atoms with E-state index in [1.54, 1.807) is 13.8 Å². The summed E-state index contributed by atoms with van der Waals surface area (Å²) >= 11 is 0. The van der Waals surface area contributed by atoms with E-state index in [1.807, 2.05) is 0 Å². The van der Waals surface area contributed by atoms with E-state index >= 15 is 4.39 Å². The SMILES string of the molecule is CCCC1(S(C)(=O)(O)c2ccc(C(C)(F)F)cc2)c2c(F)ccc(F)c2OCC1C. The maximum atomic E-state index is 15.1. The molecule has 0 saturated carbocycles. The van der Waals surface area contributed by atoms with Gasteiger partial charge in [0.15, 0.2) is 11.6 Å². The van der Waals surface area contributed by atoms with Crippen LogP contribution in [0.4, 0.5) is 17.6 Å². The Kier molecular flexibility index (Phi) is 5.35. The molecule has 1 aliphatic rings. The Balaban J connectivity index is 2.36. The van der Waals surface area contributed by atoms with Crippen molar-refractivity contribution in [1.82, 2.24) is 0 Å². The molecule has 0 fully saturated rings. The average molecular weight is 447 g/mol. The molecule has 0 spiro atoms. The van der Waals surface area contributed by atoms with E-state index in [1.165, 1.54) is 12.1 Å². The van der Waals surface area contributed by atoms with Crippen LogP contribution >= 0.6 is 0 Å². The van der Waals surface area contributed by atoms with Crippen LogP contribution in [0.2, 0.25) is 0 Å². The van der Waals surface area contributed by atoms with Gasteiger partial charge in [0.1, 0.15) is 5.82 Å². The van der Waals surface area contributed by atoms with Crippen LogP contribution in [0, 0.1) is 17.6 Å². The van der Waals surface area contributed by atoms with Crippen molar-refractivity contribution in [1.29, 1.82) is 0 Å². The molecule has 2 atom stereocenters. The monoisotopic (exact) mass is 446 g/mol. The number of ether oxygens (including phenoxy) is 1. The van der Waals surface area contributed by atoms with Gasteiger partial charge in [-0.1, -0.05) is 32.4 Å². The fourth-order valence-electron chi connectivity index (χ4n) is 4.63. The predicted molar refractivity (Wildman–Crippen MR) is 109 cm³/mol. The van der Waals surface area contributed by atoms with Crippen LogP contribution in [0.5, 0.6) is 5.75 Å². The molecule has 166 valence electrons. The molecule has 3 nitrogen and oxygen atoms in total. The summed E-state index contributed by atoms with van der Waals surface area (Å²) in [4.78, 5) is -0.100. The van der Waals surface area contributed by atoms with Crippen LogP contribution in [0.25, 0.3) is 0 Å². The lowest BCUT2D eigenvalue weighted by Crippen LogP contribution is -2.59. The van der Waals surface area contributed by atoms with E-state index in [0.29, 0.717) is 6.42 Å². The smallest absolute Gasteiger partial charge is 0.270 e. The molecule has 0 bridgehead atoms. The minimum Gasteiger partial charge on any atom is -0.490 e. The Morgan fingerprint density at radius 3 is 2.27 bits per heavy atom. The summed E-state index contributed by atoms with van der Waals surface area (Å²) in [6.45, 7) is 4.09. The molecule has 1 N–H and O–H groups in total. The molecule has 8 heteroatoms. The van der Waals surface area contributed by atoms with Gasteiger partial charge in [0, 0.05) is 24.7 Å². The second-order valence-electron chi connectivity index (χ2n) is 8.28. The number of rotatable bonds is 5. The van der Waals surface area contributed by atoms with E-state index in [9.17, 15) is 21.9 Å². The maximum Gasteiger partial charge on any atom is 0.270 e. The first kappa shape index (κ1) is 22.7. The minimum atomic E-state index is -4.97. The molecular weight excluding hydrogens is 420 g/mol. The van der Waals surface area contributed by atoms with Gasteiger partial charge in [-0.25, -0.2) is 21.8 Å². The van der Waals surface area contributed by atoms with Gasteiger partial charge >= 0.3 is 0 Å². The van der Waals surface area contributed by atoms with Crippen LogP contribution in [-0.2, 0) is 20.0 Å². The molecule has 0 radical (unpaired) electrons. The van der Waals surface area contributed by atoms with Crippen molar-refractivity contribution in [2.75, 3.05) is 12.9 Å². The summed E-state index contributed by atoms with van der Waals surface area (Å²) in [7, 11) is -4.97. The van der Waals surface area contributed by atoms with Gasteiger partial charge < -0.3 is 4.74 Å². The zero-order valence-electron chi connectivity index (χ0n) is 17.3. The van der Waals surface area contributed by atoms with Crippen molar-refractivity contribution in [2.24, 2.45) is 5.92 Å². The first-order chi connectivity index (χ1) is 13.7. The van der Waals surface area contributed by atoms with Gasteiger partial charge in [0.05, 0.1) is 21.8 Å². The number of hydrogen-bond acceptors (Lipinski definition) is 2. The Hall–Kier alpha value is -1.93. The van der Waals surface area contributed by atoms with Crippen molar-refractivity contribution in [2.45, 2.75) is 49.2 Å². The van der Waals surface area contributed by atoms with Crippen molar-refractivity contribution in [3.63, 3.8) is 0 Å². The third kappa shape index (κ3) is 3.15. The highest BCUT2D eigenvalue weighted by Crippen LogP contribution is 2.60. The molecule has 2 unspecified atom stereocenters. The third-order valence-corrected chi connectivity index (χ3v) is 10.1. The molecular formula is C22H26F4O3S. The van der Waals surface area contributed by atoms with E-state index in [-0.39, 0.29) is 34.8 Å². The molecule has 3 rings (SSSR count). The zero-order valence-corrected chi connectivity index (χ0v) is 18.2. The first-order valence-electron chi connectivity index (χ1n) is 9.73. The van der Waals surface area contributed by atoms with Crippen LogP contribution in [0.1, 0.15) is 44.7 Å². The largest absolute Gasteiger partial charge is 0.490 e. The average Bonchev–Trinajstić information content (AvgIpc) is 2.65. The van der Waals surface area contributed by atoms with Crippen LogP contribution in [-0.4, -0.2) is 21.6 Å². The first-order valence-corrected chi connectivity index (χ1v) is 12.1. The Morgan fingerprint density at radius 2 is 1.73 bits per heavy atom. The lowest BCUT2D eigenvalue weighted by atomic mass is 9.80. The van der Waals surface area contributed by atoms with E-state index in [4.69, 9.17) is 4.74 Å². The molecule has 1 heterocycles. The summed E-state index contributed by atoms with van der Waals surface area (Å²) in [5, 5.41) is 0. The molecule has 1 aliphatic heterocycles. The van der Waals surface area contributed by atoms with Crippen LogP contribution in [0.3, 0.4) is 0 Å². The summed E-state index contributed by atoms with van der Waals surface area (Å²) in [5.74, 6) is -5.79. The van der Waals surface area contributed by atoms with Gasteiger partial charge in [-0.15, -0.1) is 0 Å². The molecule has 0 aromatic heterocycles. The summed E-state index contributed by atoms with van der Waals surface area (Å²) in [6.07, 6.45) is 1.60. The number of benzene rings is 2. The van der Waals surface area contributed by atoms with Crippen molar-refractivity contribution < 1.29 is 31.1 Å². The number of halogens is 4. The number of hydrogen-bond donors (Lipinski definition) is 1. The molecule has 0 aliphatic carbocycles. The molecule has 0 amide bonds. The quantitative estimate of drug-likeness (QED) is 0.566. The number of fused-ring (bicyclic) bond motifs is 1. The fourth-order valence-corrected chi connectivity index (χ4v) is 8.20. The second kappa shape index (κ2) is 7.05. The lowest BCUT2D eigenvalue weighted by molar-refractivity contribution is 0.0174. The van der Waals surface area contributed by atoms with Crippen LogP contribution in [0.15, 0.2) is 41.3 Å². The van der Waals surface area contributed by atoms with Gasteiger partial charge in [-0.3, -0.25) is 4.55 Å². The summed E-state index contributed by atoms with van der Waals surface area (Å²) in [5.41, 5.74) is -0.577. The van der Waals surface area contributed by atoms with E-state index in [0.717, 1.165) is 37.4 Å². The lowest BCUT2D eigenvalue weighted by Gasteiger charge is -2.60. The van der Waals surface area contributed by atoms with Gasteiger partial charge in [-0.2, -0.15) is 9.35 Å². The van der Waals surface area contributed by atoms with Crippen LogP contribution < -0.4 is 4.74 Å². The van der Waals surface area contributed by atoms with Gasteiger partial charge in [0.2, 0.25) is 0 Å². The topological polar surface area (TPSA) is 46.5 Å². The zero-order chi connectivity index (χ0) is 22.6. The van der Waals surface area contributed by atoms with Crippen molar-refractivity contribution in [3.8, 4) is 5.75 Å². The third-order valence-electron chi connectivity index (χ3n) is 6.15. The Bertz CT molecular complexity index is 1020. The standard InChI is InChI=1S/C22H26F4O3S/c1-5-12-22(14(2)13-29-20-18(24)11-10-17(23)19(20)22)30(4,27,28)16-8-6-15(7-9-16)21(3,25)26/h6-11,14H,5,12-13H2,1-4H3,(H,27,28). The maximum absolute atomic E-state index is 15.1. The summed E-state index contributed by atoms with van der Waals surface area (Å²) in [6, 6.07) is 6.38. The highest BCUT2D eigenvalue weighted by atomic mass is 32.3. The summed E-state index contributed by atoms with van der Waals surface area (Å²) < 4.78 is 86.9. The number of alkyl halides is 2. The molecule has 2 aromatic rings. The normalized spacial score (nSPS) is 23.2. The highest BCUT2D eigenvalue weighted by Gasteiger charge is 2.58. The molecule has 30 heavy (non-hydrogen) atoms. The molecule has 0 saturated heterocycles. The molecule has 2 aromatic carbocycles. The van der Waals surface area contributed by atoms with Gasteiger partial charge in [-0.05, 0) is 30.7 Å². The van der Waals surface area contributed by atoms with Gasteiger partial charge in [0.25, 0.3) is 5.92 Å².